The quantitative estimate of drug-likeness (QED) is 0.810. The Labute approximate surface area is 93.1 Å². The molecule has 15 heavy (non-hydrogen) atoms. The van der Waals surface area contributed by atoms with Crippen molar-refractivity contribution in [1.82, 2.24) is 9.97 Å². The molecule has 1 aliphatic carbocycles. The highest BCUT2D eigenvalue weighted by molar-refractivity contribution is 6.28. The zero-order valence-corrected chi connectivity index (χ0v) is 9.48. The fourth-order valence-electron chi connectivity index (χ4n) is 1.65. The lowest BCUT2D eigenvalue weighted by Gasteiger charge is -2.26. The van der Waals surface area contributed by atoms with Crippen LogP contribution in [-0.2, 0) is 0 Å². The molecule has 0 saturated heterocycles. The van der Waals surface area contributed by atoms with Crippen LogP contribution in [0.15, 0.2) is 6.20 Å². The highest BCUT2D eigenvalue weighted by Crippen LogP contribution is 2.41. The van der Waals surface area contributed by atoms with Gasteiger partial charge >= 0.3 is 0 Å². The Balaban J connectivity index is 2.19. The summed E-state index contributed by atoms with van der Waals surface area (Å²) in [6, 6.07) is 0. The van der Waals surface area contributed by atoms with Crippen LogP contribution in [-0.4, -0.2) is 15.5 Å². The van der Waals surface area contributed by atoms with E-state index in [9.17, 15) is 4.39 Å². The van der Waals surface area contributed by atoms with Gasteiger partial charge in [0.1, 0.15) is 0 Å². The minimum absolute atomic E-state index is 0.0606. The van der Waals surface area contributed by atoms with Crippen molar-refractivity contribution in [2.75, 3.05) is 5.32 Å². The van der Waals surface area contributed by atoms with Gasteiger partial charge in [-0.15, -0.1) is 0 Å². The van der Waals surface area contributed by atoms with Crippen LogP contribution in [0.25, 0.3) is 0 Å². The van der Waals surface area contributed by atoms with Crippen LogP contribution >= 0.6 is 11.6 Å². The van der Waals surface area contributed by atoms with Gasteiger partial charge in [-0.3, -0.25) is 0 Å². The van der Waals surface area contributed by atoms with Gasteiger partial charge in [0.2, 0.25) is 5.28 Å². The Kier molecular flexibility index (Phi) is 2.54. The van der Waals surface area contributed by atoms with E-state index in [1.54, 1.807) is 0 Å². The molecule has 1 heterocycles. The molecule has 82 valence electrons. The largest absolute Gasteiger partial charge is 0.362 e. The predicted octanol–water partition coefficient (Wildman–Crippen LogP) is 2.87. The van der Waals surface area contributed by atoms with E-state index in [-0.39, 0.29) is 16.6 Å². The van der Waals surface area contributed by atoms with Gasteiger partial charge in [-0.25, -0.2) is 9.37 Å². The Bertz CT molecular complexity index is 377. The van der Waals surface area contributed by atoms with Crippen LogP contribution in [0.2, 0.25) is 5.28 Å². The first-order valence-corrected chi connectivity index (χ1v) is 5.33. The molecule has 1 saturated carbocycles. The third-order valence-corrected chi connectivity index (χ3v) is 2.94. The van der Waals surface area contributed by atoms with E-state index in [1.807, 2.05) is 13.8 Å². The summed E-state index contributed by atoms with van der Waals surface area (Å²) in [5.41, 5.74) is -0.140. The first kappa shape index (κ1) is 10.6. The Hall–Kier alpha value is -0.900. The van der Waals surface area contributed by atoms with Crippen molar-refractivity contribution in [3.63, 3.8) is 0 Å². The second-order valence-corrected chi connectivity index (χ2v) is 4.79. The average Bonchev–Trinajstić information content (AvgIpc) is 2.93. The van der Waals surface area contributed by atoms with Gasteiger partial charge in [-0.05, 0) is 44.2 Å². The van der Waals surface area contributed by atoms with E-state index in [4.69, 9.17) is 11.6 Å². The lowest BCUT2D eigenvalue weighted by atomic mass is 9.99. The van der Waals surface area contributed by atoms with E-state index in [0.717, 1.165) is 6.20 Å². The van der Waals surface area contributed by atoms with Crippen LogP contribution in [0.4, 0.5) is 10.2 Å². The van der Waals surface area contributed by atoms with Gasteiger partial charge in [0.05, 0.1) is 6.20 Å². The fraction of sp³-hybridized carbons (Fsp3) is 0.600. The van der Waals surface area contributed by atoms with Gasteiger partial charge in [0, 0.05) is 5.54 Å². The molecule has 0 spiro atoms. The molecule has 1 aliphatic rings. The molecule has 0 atom stereocenters. The van der Waals surface area contributed by atoms with Crippen LogP contribution in [0.5, 0.6) is 0 Å². The Morgan fingerprint density at radius 2 is 2.20 bits per heavy atom. The number of aromatic nitrogens is 2. The second-order valence-electron chi connectivity index (χ2n) is 4.46. The third-order valence-electron chi connectivity index (χ3n) is 2.75. The van der Waals surface area contributed by atoms with E-state index in [0.29, 0.717) is 5.92 Å². The Morgan fingerprint density at radius 1 is 1.53 bits per heavy atom. The average molecular weight is 230 g/mol. The third kappa shape index (κ3) is 2.37. The van der Waals surface area contributed by atoms with Crippen LogP contribution in [0, 0.1) is 11.7 Å². The second kappa shape index (κ2) is 3.59. The molecule has 0 unspecified atom stereocenters. The number of hydrogen-bond donors (Lipinski definition) is 1. The number of hydrogen-bond acceptors (Lipinski definition) is 3. The summed E-state index contributed by atoms with van der Waals surface area (Å²) in [5, 5.41) is 3.14. The molecule has 0 amide bonds. The predicted molar refractivity (Wildman–Crippen MR) is 57.4 cm³/mol. The molecule has 1 N–H and O–H groups in total. The van der Waals surface area contributed by atoms with Crippen LogP contribution in [0.1, 0.15) is 26.7 Å². The molecule has 1 aromatic rings. The topological polar surface area (TPSA) is 37.8 Å². The number of nitrogens with zero attached hydrogens (tertiary/aromatic N) is 2. The summed E-state index contributed by atoms with van der Waals surface area (Å²) in [5.74, 6) is 0.311. The highest BCUT2D eigenvalue weighted by Gasteiger charge is 2.38. The highest BCUT2D eigenvalue weighted by atomic mass is 35.5. The number of anilines is 1. The lowest BCUT2D eigenvalue weighted by Crippen LogP contribution is -2.34. The molecule has 0 bridgehead atoms. The molecular formula is C10H13ClFN3. The van der Waals surface area contributed by atoms with Gasteiger partial charge in [0.25, 0.3) is 0 Å². The summed E-state index contributed by atoms with van der Waals surface area (Å²) < 4.78 is 13.3. The Morgan fingerprint density at radius 3 is 2.80 bits per heavy atom. The van der Waals surface area contributed by atoms with E-state index < -0.39 is 5.82 Å². The maximum atomic E-state index is 13.3. The fourth-order valence-corrected chi connectivity index (χ4v) is 1.78. The first-order chi connectivity index (χ1) is 6.99. The number of nitrogens with one attached hydrogen (secondary N) is 1. The normalized spacial score (nSPS) is 16.5. The van der Waals surface area contributed by atoms with E-state index in [1.165, 1.54) is 12.8 Å². The summed E-state index contributed by atoms with van der Waals surface area (Å²) in [6.45, 7) is 4.08. The van der Waals surface area contributed by atoms with Crippen molar-refractivity contribution < 1.29 is 4.39 Å². The number of rotatable bonds is 3. The molecule has 1 fully saturated rings. The molecule has 5 heteroatoms. The van der Waals surface area contributed by atoms with Crippen molar-refractivity contribution in [1.29, 1.82) is 0 Å². The zero-order valence-electron chi connectivity index (χ0n) is 8.72. The van der Waals surface area contributed by atoms with Crippen molar-refractivity contribution in [3.05, 3.63) is 17.3 Å². The maximum Gasteiger partial charge on any atom is 0.224 e. The van der Waals surface area contributed by atoms with Crippen LogP contribution in [0.3, 0.4) is 0 Å². The molecule has 0 aromatic carbocycles. The van der Waals surface area contributed by atoms with Gasteiger partial charge in [0.15, 0.2) is 11.6 Å². The van der Waals surface area contributed by atoms with E-state index >= 15 is 0 Å². The minimum atomic E-state index is -0.465. The molecule has 2 rings (SSSR count). The maximum absolute atomic E-state index is 13.3. The molecule has 1 aromatic heterocycles. The SMILES string of the molecule is CC(C)(Nc1nc(Cl)ncc1F)C1CC1. The number of halogens is 2. The summed E-state index contributed by atoms with van der Waals surface area (Å²) in [6.07, 6.45) is 3.45. The standard InChI is InChI=1S/C10H13ClFN3/c1-10(2,6-3-4-6)15-8-7(12)5-13-9(11)14-8/h5-6H,3-4H2,1-2H3,(H,13,14,15). The van der Waals surface area contributed by atoms with Crippen LogP contribution < -0.4 is 5.32 Å². The summed E-state index contributed by atoms with van der Waals surface area (Å²) in [4.78, 5) is 7.41. The molecule has 0 aliphatic heterocycles. The first-order valence-electron chi connectivity index (χ1n) is 4.95. The van der Waals surface area contributed by atoms with E-state index in [2.05, 4.69) is 15.3 Å². The van der Waals surface area contributed by atoms with Crippen molar-refractivity contribution in [2.45, 2.75) is 32.2 Å². The zero-order chi connectivity index (χ0) is 11.1. The molecule has 3 nitrogen and oxygen atoms in total. The monoisotopic (exact) mass is 229 g/mol. The lowest BCUT2D eigenvalue weighted by molar-refractivity contribution is 0.485. The van der Waals surface area contributed by atoms with Crippen molar-refractivity contribution in [3.8, 4) is 0 Å². The van der Waals surface area contributed by atoms with Crippen molar-refractivity contribution >= 4 is 17.4 Å². The van der Waals surface area contributed by atoms with Gasteiger partial charge in [-0.1, -0.05) is 0 Å². The smallest absolute Gasteiger partial charge is 0.224 e. The molecular weight excluding hydrogens is 217 g/mol. The molecule has 0 radical (unpaired) electrons. The minimum Gasteiger partial charge on any atom is -0.362 e. The van der Waals surface area contributed by atoms with Gasteiger partial charge in [-0.2, -0.15) is 4.98 Å². The summed E-state index contributed by atoms with van der Waals surface area (Å²) >= 11 is 5.61. The van der Waals surface area contributed by atoms with Gasteiger partial charge < -0.3 is 5.32 Å². The summed E-state index contributed by atoms with van der Waals surface area (Å²) in [7, 11) is 0. The van der Waals surface area contributed by atoms with Crippen molar-refractivity contribution in [2.24, 2.45) is 5.92 Å².